The molecule has 20 heavy (non-hydrogen) atoms. The Morgan fingerprint density at radius 2 is 1.95 bits per heavy atom. The average molecular weight is 340 g/mol. The van der Waals surface area contributed by atoms with Crippen LogP contribution in [-0.4, -0.2) is 26.3 Å². The van der Waals surface area contributed by atoms with Gasteiger partial charge in [0.1, 0.15) is 6.61 Å². The number of ether oxygens (including phenoxy) is 2. The molecule has 0 spiro atoms. The summed E-state index contributed by atoms with van der Waals surface area (Å²) < 4.78 is 12.1. The molecule has 3 nitrogen and oxygen atoms in total. The molecule has 4 heteroatoms. The first-order chi connectivity index (χ1) is 9.79. The van der Waals surface area contributed by atoms with E-state index in [1.807, 2.05) is 18.2 Å². The van der Waals surface area contributed by atoms with Gasteiger partial charge in [0, 0.05) is 12.6 Å². The molecular formula is C16H22BrNO2. The minimum Gasteiger partial charge on any atom is -0.493 e. The number of hydrogen-bond donors (Lipinski definition) is 1. The number of nitrogens with one attached hydrogen (secondary N) is 1. The predicted octanol–water partition coefficient (Wildman–Crippen LogP) is 3.61. The Labute approximate surface area is 129 Å². The van der Waals surface area contributed by atoms with Crippen molar-refractivity contribution in [2.75, 3.05) is 20.3 Å². The van der Waals surface area contributed by atoms with Gasteiger partial charge in [0.05, 0.1) is 11.6 Å². The van der Waals surface area contributed by atoms with Gasteiger partial charge in [-0.05, 0) is 65.6 Å². The van der Waals surface area contributed by atoms with Crippen LogP contribution in [0.25, 0.3) is 0 Å². The maximum atomic E-state index is 5.88. The molecule has 1 aromatic rings. The van der Waals surface area contributed by atoms with Crippen molar-refractivity contribution in [1.29, 1.82) is 0 Å². The van der Waals surface area contributed by atoms with Crippen LogP contribution >= 0.6 is 15.9 Å². The van der Waals surface area contributed by atoms with E-state index in [1.165, 1.54) is 25.7 Å². The molecule has 1 aromatic carbocycles. The van der Waals surface area contributed by atoms with Crippen LogP contribution in [0, 0.1) is 11.8 Å². The van der Waals surface area contributed by atoms with E-state index >= 15 is 0 Å². The van der Waals surface area contributed by atoms with Gasteiger partial charge in [-0.25, -0.2) is 0 Å². The molecular weight excluding hydrogens is 318 g/mol. The van der Waals surface area contributed by atoms with Crippen LogP contribution in [0.1, 0.15) is 25.7 Å². The molecule has 0 aliphatic heterocycles. The molecule has 110 valence electrons. The van der Waals surface area contributed by atoms with Crippen molar-refractivity contribution in [2.24, 2.45) is 11.8 Å². The van der Waals surface area contributed by atoms with Gasteiger partial charge in [-0.2, -0.15) is 0 Å². The first kappa shape index (κ1) is 14.2. The summed E-state index contributed by atoms with van der Waals surface area (Å²) in [4.78, 5) is 0. The van der Waals surface area contributed by atoms with Gasteiger partial charge in [0.2, 0.25) is 0 Å². The van der Waals surface area contributed by atoms with Crippen molar-refractivity contribution < 1.29 is 9.47 Å². The van der Waals surface area contributed by atoms with E-state index in [-0.39, 0.29) is 0 Å². The van der Waals surface area contributed by atoms with Crippen molar-refractivity contribution in [3.63, 3.8) is 0 Å². The van der Waals surface area contributed by atoms with Crippen LogP contribution < -0.4 is 14.8 Å². The molecule has 0 aromatic heterocycles. The first-order valence-corrected chi connectivity index (χ1v) is 8.27. The Balaban J connectivity index is 1.47. The number of methoxy groups -OCH3 is 1. The van der Waals surface area contributed by atoms with Crippen molar-refractivity contribution in [3.8, 4) is 11.5 Å². The topological polar surface area (TPSA) is 30.5 Å². The third kappa shape index (κ3) is 3.47. The lowest BCUT2D eigenvalue weighted by molar-refractivity contribution is 0.276. The van der Waals surface area contributed by atoms with Gasteiger partial charge in [0.25, 0.3) is 0 Å². The monoisotopic (exact) mass is 339 g/mol. The maximum absolute atomic E-state index is 5.88. The first-order valence-electron chi connectivity index (χ1n) is 7.48. The number of benzene rings is 1. The third-order valence-electron chi connectivity index (χ3n) is 4.14. The van der Waals surface area contributed by atoms with Gasteiger partial charge in [-0.1, -0.05) is 6.07 Å². The Kier molecular flexibility index (Phi) is 4.51. The predicted molar refractivity (Wildman–Crippen MR) is 83.4 cm³/mol. The highest BCUT2D eigenvalue weighted by Crippen LogP contribution is 2.44. The highest BCUT2D eigenvalue weighted by Gasteiger charge is 2.40. The molecule has 0 radical (unpaired) electrons. The SMILES string of the molecule is COc1cccc(Br)c1OCCNC(C1CC1)C1CC1. The molecule has 0 atom stereocenters. The van der Waals surface area contributed by atoms with E-state index in [9.17, 15) is 0 Å². The highest BCUT2D eigenvalue weighted by atomic mass is 79.9. The molecule has 2 fully saturated rings. The van der Waals surface area contributed by atoms with Crippen LogP contribution in [0.15, 0.2) is 22.7 Å². The second-order valence-corrected chi connectivity index (χ2v) is 6.63. The molecule has 0 unspecified atom stereocenters. The van der Waals surface area contributed by atoms with E-state index < -0.39 is 0 Å². The lowest BCUT2D eigenvalue weighted by atomic mass is 10.1. The Morgan fingerprint density at radius 3 is 2.55 bits per heavy atom. The van der Waals surface area contributed by atoms with Crippen LogP contribution in [0.3, 0.4) is 0 Å². The maximum Gasteiger partial charge on any atom is 0.175 e. The smallest absolute Gasteiger partial charge is 0.175 e. The molecule has 2 saturated carbocycles. The molecule has 1 N–H and O–H groups in total. The van der Waals surface area contributed by atoms with Crippen LogP contribution in [0.2, 0.25) is 0 Å². The van der Waals surface area contributed by atoms with E-state index in [0.717, 1.165) is 40.4 Å². The summed E-state index contributed by atoms with van der Waals surface area (Å²) in [6, 6.07) is 6.58. The van der Waals surface area contributed by atoms with E-state index in [2.05, 4.69) is 21.2 Å². The fourth-order valence-electron chi connectivity index (χ4n) is 2.80. The summed E-state index contributed by atoms with van der Waals surface area (Å²) >= 11 is 3.51. The van der Waals surface area contributed by atoms with Crippen LogP contribution in [0.5, 0.6) is 11.5 Å². The third-order valence-corrected chi connectivity index (χ3v) is 4.76. The summed E-state index contributed by atoms with van der Waals surface area (Å²) in [5, 5.41) is 3.69. The second kappa shape index (κ2) is 6.35. The van der Waals surface area contributed by atoms with Crippen molar-refractivity contribution in [2.45, 2.75) is 31.7 Å². The summed E-state index contributed by atoms with van der Waals surface area (Å²) in [6.45, 7) is 1.58. The lowest BCUT2D eigenvalue weighted by Gasteiger charge is -2.18. The summed E-state index contributed by atoms with van der Waals surface area (Å²) in [5.41, 5.74) is 0. The number of halogens is 1. The molecule has 3 rings (SSSR count). The number of para-hydroxylation sites is 1. The largest absolute Gasteiger partial charge is 0.493 e. The minimum atomic E-state index is 0.676. The van der Waals surface area contributed by atoms with Gasteiger partial charge >= 0.3 is 0 Å². The standard InChI is InChI=1S/C16H22BrNO2/c1-19-14-4-2-3-13(17)16(14)20-10-9-18-15(11-5-6-11)12-7-8-12/h2-4,11-12,15,18H,5-10H2,1H3. The van der Waals surface area contributed by atoms with Gasteiger partial charge in [-0.15, -0.1) is 0 Å². The Bertz CT molecular complexity index is 446. The van der Waals surface area contributed by atoms with Crippen LogP contribution in [0.4, 0.5) is 0 Å². The summed E-state index contributed by atoms with van der Waals surface area (Å²) in [5.74, 6) is 3.44. The minimum absolute atomic E-state index is 0.676. The molecule has 0 bridgehead atoms. The fraction of sp³-hybridized carbons (Fsp3) is 0.625. The Morgan fingerprint density at radius 1 is 1.25 bits per heavy atom. The average Bonchev–Trinajstić information content (AvgIpc) is 3.33. The number of rotatable bonds is 8. The summed E-state index contributed by atoms with van der Waals surface area (Å²) in [7, 11) is 1.67. The fourth-order valence-corrected chi connectivity index (χ4v) is 3.26. The zero-order valence-electron chi connectivity index (χ0n) is 11.9. The normalized spacial score (nSPS) is 18.4. The molecule has 2 aliphatic rings. The van der Waals surface area contributed by atoms with Crippen molar-refractivity contribution in [1.82, 2.24) is 5.32 Å². The van der Waals surface area contributed by atoms with Gasteiger partial charge in [0.15, 0.2) is 11.5 Å². The van der Waals surface area contributed by atoms with Gasteiger partial charge in [-0.3, -0.25) is 0 Å². The van der Waals surface area contributed by atoms with Crippen LogP contribution in [-0.2, 0) is 0 Å². The van der Waals surface area contributed by atoms with E-state index in [4.69, 9.17) is 9.47 Å². The lowest BCUT2D eigenvalue weighted by Crippen LogP contribution is -2.36. The molecule has 0 amide bonds. The van der Waals surface area contributed by atoms with E-state index in [0.29, 0.717) is 6.61 Å². The zero-order valence-corrected chi connectivity index (χ0v) is 13.5. The molecule has 2 aliphatic carbocycles. The number of hydrogen-bond acceptors (Lipinski definition) is 3. The second-order valence-electron chi connectivity index (χ2n) is 5.77. The van der Waals surface area contributed by atoms with Gasteiger partial charge < -0.3 is 14.8 Å². The quantitative estimate of drug-likeness (QED) is 0.734. The van der Waals surface area contributed by atoms with E-state index in [1.54, 1.807) is 7.11 Å². The van der Waals surface area contributed by atoms with Crippen molar-refractivity contribution >= 4 is 15.9 Å². The van der Waals surface area contributed by atoms with Crippen molar-refractivity contribution in [3.05, 3.63) is 22.7 Å². The molecule has 0 saturated heterocycles. The summed E-state index contributed by atoms with van der Waals surface area (Å²) in [6.07, 6.45) is 5.64. The Hall–Kier alpha value is -0.740. The zero-order chi connectivity index (χ0) is 13.9. The molecule has 0 heterocycles. The highest BCUT2D eigenvalue weighted by molar-refractivity contribution is 9.10.